The smallest absolute Gasteiger partial charge is 0.196 e. The Labute approximate surface area is 98.7 Å². The van der Waals surface area contributed by atoms with Gasteiger partial charge in [-0.1, -0.05) is 6.07 Å². The summed E-state index contributed by atoms with van der Waals surface area (Å²) in [4.78, 5) is 0.375. The monoisotopic (exact) mass is 257 g/mol. The summed E-state index contributed by atoms with van der Waals surface area (Å²) < 4.78 is 28.4. The van der Waals surface area contributed by atoms with Crippen LogP contribution < -0.4 is 0 Å². The van der Waals surface area contributed by atoms with E-state index in [-0.39, 0.29) is 10.7 Å². The van der Waals surface area contributed by atoms with E-state index in [2.05, 4.69) is 0 Å². The van der Waals surface area contributed by atoms with Gasteiger partial charge in [0.1, 0.15) is 12.3 Å². The molecule has 0 atom stereocenters. The maximum atomic E-state index is 11.8. The predicted molar refractivity (Wildman–Crippen MR) is 62.3 cm³/mol. The standard InChI is InChI=1S/C10H11NO3S2/c1-2-14-7-10(6-11)16(12,13)8-9-4-3-5-15-9/h3-5,7H,2,8H2,1H3/b10-7-. The fraction of sp³-hybridized carbons (Fsp3) is 0.300. The number of ether oxygens (including phenoxy) is 1. The lowest BCUT2D eigenvalue weighted by Crippen LogP contribution is -2.06. The zero-order chi connectivity index (χ0) is 12.0. The van der Waals surface area contributed by atoms with Crippen LogP contribution in [0.25, 0.3) is 0 Å². The van der Waals surface area contributed by atoms with E-state index in [0.29, 0.717) is 11.5 Å². The maximum absolute atomic E-state index is 11.8. The molecule has 0 spiro atoms. The van der Waals surface area contributed by atoms with Crippen LogP contribution in [0.2, 0.25) is 0 Å². The Kier molecular flexibility index (Phi) is 4.52. The Morgan fingerprint density at radius 3 is 2.94 bits per heavy atom. The minimum absolute atomic E-state index is 0.156. The average molecular weight is 257 g/mol. The van der Waals surface area contributed by atoms with Gasteiger partial charge in [0.15, 0.2) is 14.7 Å². The molecule has 0 fully saturated rings. The number of allylic oxidation sites excluding steroid dienone is 1. The summed E-state index contributed by atoms with van der Waals surface area (Å²) in [5.41, 5.74) is 0. The molecule has 0 amide bonds. The van der Waals surface area contributed by atoms with E-state index in [0.717, 1.165) is 6.26 Å². The summed E-state index contributed by atoms with van der Waals surface area (Å²) in [5, 5.41) is 10.5. The van der Waals surface area contributed by atoms with Crippen molar-refractivity contribution in [1.29, 1.82) is 5.26 Å². The van der Waals surface area contributed by atoms with Gasteiger partial charge in [0.25, 0.3) is 0 Å². The number of sulfone groups is 1. The Hall–Kier alpha value is -1.32. The summed E-state index contributed by atoms with van der Waals surface area (Å²) in [7, 11) is -3.58. The molecule has 1 heterocycles. The highest BCUT2D eigenvalue weighted by Gasteiger charge is 2.19. The molecule has 0 aliphatic rings. The van der Waals surface area contributed by atoms with Crippen molar-refractivity contribution in [2.24, 2.45) is 0 Å². The zero-order valence-electron chi connectivity index (χ0n) is 8.71. The van der Waals surface area contributed by atoms with Gasteiger partial charge in [-0.05, 0) is 18.4 Å². The molecule has 86 valence electrons. The molecule has 1 aromatic heterocycles. The largest absolute Gasteiger partial charge is 0.499 e. The third kappa shape index (κ3) is 3.36. The summed E-state index contributed by atoms with van der Waals surface area (Å²) >= 11 is 1.34. The van der Waals surface area contributed by atoms with Crippen LogP contribution in [0.4, 0.5) is 0 Å². The van der Waals surface area contributed by atoms with Crippen LogP contribution in [0, 0.1) is 11.3 Å². The molecule has 0 aliphatic heterocycles. The average Bonchev–Trinajstić information content (AvgIpc) is 2.70. The fourth-order valence-electron chi connectivity index (χ4n) is 0.988. The van der Waals surface area contributed by atoms with Crippen LogP contribution in [0.1, 0.15) is 11.8 Å². The highest BCUT2D eigenvalue weighted by molar-refractivity contribution is 7.94. The molecule has 0 bridgehead atoms. The molecule has 0 aromatic carbocycles. The second kappa shape index (κ2) is 5.68. The second-order valence-corrected chi connectivity index (χ2v) is 5.88. The van der Waals surface area contributed by atoms with E-state index < -0.39 is 9.84 Å². The van der Waals surface area contributed by atoms with Crippen LogP contribution >= 0.6 is 11.3 Å². The summed E-state index contributed by atoms with van der Waals surface area (Å²) in [6.45, 7) is 2.05. The van der Waals surface area contributed by atoms with Gasteiger partial charge in [-0.3, -0.25) is 0 Å². The minimum Gasteiger partial charge on any atom is -0.499 e. The van der Waals surface area contributed by atoms with E-state index in [1.54, 1.807) is 30.5 Å². The van der Waals surface area contributed by atoms with E-state index >= 15 is 0 Å². The highest BCUT2D eigenvalue weighted by Crippen LogP contribution is 2.17. The van der Waals surface area contributed by atoms with Gasteiger partial charge in [0, 0.05) is 4.88 Å². The van der Waals surface area contributed by atoms with E-state index in [1.165, 1.54) is 11.3 Å². The van der Waals surface area contributed by atoms with Crippen LogP contribution in [-0.4, -0.2) is 15.0 Å². The quantitative estimate of drug-likeness (QED) is 0.598. The normalized spacial score (nSPS) is 12.1. The molecule has 6 heteroatoms. The van der Waals surface area contributed by atoms with Crippen LogP contribution in [-0.2, 0) is 20.3 Å². The van der Waals surface area contributed by atoms with Crippen molar-refractivity contribution < 1.29 is 13.2 Å². The minimum atomic E-state index is -3.58. The third-order valence-corrected chi connectivity index (χ3v) is 4.32. The Bertz CT molecular complexity index is 495. The number of nitriles is 1. The molecule has 0 saturated carbocycles. The van der Waals surface area contributed by atoms with Gasteiger partial charge in [0.05, 0.1) is 12.4 Å². The number of nitrogens with zero attached hydrogens (tertiary/aromatic N) is 1. The molecule has 0 saturated heterocycles. The van der Waals surface area contributed by atoms with Crippen molar-refractivity contribution in [2.75, 3.05) is 6.61 Å². The summed E-state index contributed by atoms with van der Waals surface area (Å²) in [5.74, 6) is -0.156. The van der Waals surface area contributed by atoms with Crippen molar-refractivity contribution in [3.63, 3.8) is 0 Å². The van der Waals surface area contributed by atoms with Crippen LogP contribution in [0.15, 0.2) is 28.7 Å². The number of rotatable bonds is 5. The van der Waals surface area contributed by atoms with Gasteiger partial charge >= 0.3 is 0 Å². The molecule has 16 heavy (non-hydrogen) atoms. The highest BCUT2D eigenvalue weighted by atomic mass is 32.2. The molecular weight excluding hydrogens is 246 g/mol. The van der Waals surface area contributed by atoms with Crippen LogP contribution in [0.5, 0.6) is 0 Å². The molecule has 1 aromatic rings. The summed E-state index contributed by atoms with van der Waals surface area (Å²) in [6.07, 6.45) is 1.00. The topological polar surface area (TPSA) is 67.2 Å². The third-order valence-electron chi connectivity index (χ3n) is 1.71. The van der Waals surface area contributed by atoms with Crippen molar-refractivity contribution in [3.05, 3.63) is 33.6 Å². The molecule has 0 aliphatic carbocycles. The van der Waals surface area contributed by atoms with Crippen molar-refractivity contribution in [1.82, 2.24) is 0 Å². The lowest BCUT2D eigenvalue weighted by Gasteiger charge is -2.01. The van der Waals surface area contributed by atoms with E-state index in [4.69, 9.17) is 10.00 Å². The van der Waals surface area contributed by atoms with Gasteiger partial charge in [-0.2, -0.15) is 5.26 Å². The van der Waals surface area contributed by atoms with Crippen molar-refractivity contribution in [3.8, 4) is 6.07 Å². The maximum Gasteiger partial charge on any atom is 0.196 e. The van der Waals surface area contributed by atoms with Gasteiger partial charge in [-0.25, -0.2) is 8.42 Å². The SMILES string of the molecule is CCO/C=C(/C#N)S(=O)(=O)Cc1cccs1. The Balaban J connectivity index is 2.89. The lowest BCUT2D eigenvalue weighted by molar-refractivity contribution is 0.268. The molecule has 1 rings (SSSR count). The number of hydrogen-bond donors (Lipinski definition) is 0. The molecular formula is C10H11NO3S2. The summed E-state index contributed by atoms with van der Waals surface area (Å²) in [6, 6.07) is 5.13. The zero-order valence-corrected chi connectivity index (χ0v) is 10.3. The molecule has 0 unspecified atom stereocenters. The molecule has 4 nitrogen and oxygen atoms in total. The van der Waals surface area contributed by atoms with Gasteiger partial charge in [0.2, 0.25) is 0 Å². The fourth-order valence-corrected chi connectivity index (χ4v) is 3.19. The van der Waals surface area contributed by atoms with Crippen molar-refractivity contribution in [2.45, 2.75) is 12.7 Å². The molecule has 0 radical (unpaired) electrons. The molecule has 0 N–H and O–H groups in total. The van der Waals surface area contributed by atoms with E-state index in [1.807, 2.05) is 0 Å². The van der Waals surface area contributed by atoms with Gasteiger partial charge in [-0.15, -0.1) is 11.3 Å². The first-order valence-electron chi connectivity index (χ1n) is 4.57. The Morgan fingerprint density at radius 1 is 1.69 bits per heavy atom. The van der Waals surface area contributed by atoms with E-state index in [9.17, 15) is 8.42 Å². The van der Waals surface area contributed by atoms with Gasteiger partial charge < -0.3 is 4.74 Å². The lowest BCUT2D eigenvalue weighted by atomic mass is 10.5. The first-order valence-corrected chi connectivity index (χ1v) is 7.10. The number of thiophene rings is 1. The second-order valence-electron chi connectivity index (χ2n) is 2.89. The first kappa shape index (κ1) is 12.7. The number of hydrogen-bond acceptors (Lipinski definition) is 5. The predicted octanol–water partition coefficient (Wildman–Crippen LogP) is 2.06. The van der Waals surface area contributed by atoms with Crippen LogP contribution in [0.3, 0.4) is 0 Å². The Morgan fingerprint density at radius 2 is 2.44 bits per heavy atom. The van der Waals surface area contributed by atoms with Crippen molar-refractivity contribution >= 4 is 21.2 Å². The first-order chi connectivity index (χ1) is 7.60.